The van der Waals surface area contributed by atoms with E-state index in [2.05, 4.69) is 43.9 Å². The lowest BCUT2D eigenvalue weighted by Gasteiger charge is -2.51. The molecule has 4 rings (SSSR count). The van der Waals surface area contributed by atoms with Gasteiger partial charge in [-0.2, -0.15) is 5.26 Å². The Balaban J connectivity index is 1.64. The fraction of sp³-hybridized carbons (Fsp3) is 0.308. The van der Waals surface area contributed by atoms with Crippen LogP contribution in [0.1, 0.15) is 48.7 Å². The Kier molecular flexibility index (Phi) is 4.78. The van der Waals surface area contributed by atoms with Crippen molar-refractivity contribution in [2.75, 3.05) is 18.0 Å². The Morgan fingerprint density at radius 1 is 1.03 bits per heavy atom. The van der Waals surface area contributed by atoms with Crippen molar-refractivity contribution < 1.29 is 9.90 Å². The third-order valence-corrected chi connectivity index (χ3v) is 6.61. The van der Waals surface area contributed by atoms with Gasteiger partial charge < -0.3 is 10.0 Å². The maximum absolute atomic E-state index is 11.2. The Bertz CT molecular complexity index is 1090. The molecule has 0 unspecified atom stereocenters. The standard InChI is InChI=1S/C26H26N2O2/c1-25(2)22(19-6-8-20(9-7-19)24(29)30)12-14-26(3)17-28(15-13-23(25)26)21-10-4-18(16-27)5-11-21/h4-13H,14-15,17H2,1-3H3,(H,29,30)/t26-/m1/s1. The van der Waals surface area contributed by atoms with Crippen LogP contribution in [0.25, 0.3) is 5.57 Å². The number of anilines is 1. The van der Waals surface area contributed by atoms with Crippen molar-refractivity contribution in [3.05, 3.63) is 82.9 Å². The number of nitrogens with zero attached hydrogens (tertiary/aromatic N) is 2. The summed E-state index contributed by atoms with van der Waals surface area (Å²) in [5.41, 5.74) is 5.82. The van der Waals surface area contributed by atoms with Crippen LogP contribution in [-0.4, -0.2) is 24.2 Å². The van der Waals surface area contributed by atoms with E-state index in [1.54, 1.807) is 12.1 Å². The fourth-order valence-electron chi connectivity index (χ4n) is 5.15. The predicted molar refractivity (Wildman–Crippen MR) is 119 cm³/mol. The highest BCUT2D eigenvalue weighted by atomic mass is 16.4. The fourth-order valence-corrected chi connectivity index (χ4v) is 5.15. The van der Waals surface area contributed by atoms with E-state index < -0.39 is 5.97 Å². The number of rotatable bonds is 3. The molecular formula is C26H26N2O2. The third-order valence-electron chi connectivity index (χ3n) is 6.61. The van der Waals surface area contributed by atoms with Crippen molar-refractivity contribution in [3.8, 4) is 6.07 Å². The van der Waals surface area contributed by atoms with Crippen molar-refractivity contribution in [3.63, 3.8) is 0 Å². The van der Waals surface area contributed by atoms with Crippen molar-refractivity contribution in [1.29, 1.82) is 5.26 Å². The molecule has 1 aliphatic heterocycles. The maximum Gasteiger partial charge on any atom is 0.335 e. The van der Waals surface area contributed by atoms with Crippen molar-refractivity contribution in [2.24, 2.45) is 10.8 Å². The Labute approximate surface area is 177 Å². The lowest BCUT2D eigenvalue weighted by molar-refractivity contribution is 0.0697. The first-order valence-electron chi connectivity index (χ1n) is 10.3. The zero-order valence-corrected chi connectivity index (χ0v) is 17.6. The highest BCUT2D eigenvalue weighted by Gasteiger charge is 2.45. The van der Waals surface area contributed by atoms with Crippen LogP contribution in [0.5, 0.6) is 0 Å². The zero-order chi connectivity index (χ0) is 21.5. The first kappa shape index (κ1) is 20.0. The van der Waals surface area contributed by atoms with E-state index in [1.807, 2.05) is 36.4 Å². The van der Waals surface area contributed by atoms with Gasteiger partial charge in [-0.1, -0.05) is 50.6 Å². The third kappa shape index (κ3) is 3.31. The van der Waals surface area contributed by atoms with Crippen LogP contribution in [0.15, 0.2) is 66.3 Å². The zero-order valence-electron chi connectivity index (χ0n) is 17.6. The molecule has 2 aromatic rings. The van der Waals surface area contributed by atoms with E-state index in [0.29, 0.717) is 11.1 Å². The second kappa shape index (κ2) is 7.18. The van der Waals surface area contributed by atoms with E-state index in [9.17, 15) is 9.90 Å². The molecule has 1 atom stereocenters. The van der Waals surface area contributed by atoms with Gasteiger partial charge in [0.05, 0.1) is 17.2 Å². The second-order valence-electron chi connectivity index (χ2n) is 9.05. The number of carboxylic acids is 1. The number of aromatic carboxylic acids is 1. The summed E-state index contributed by atoms with van der Waals surface area (Å²) >= 11 is 0. The first-order chi connectivity index (χ1) is 14.2. The topological polar surface area (TPSA) is 64.3 Å². The van der Waals surface area contributed by atoms with E-state index in [1.165, 1.54) is 11.1 Å². The van der Waals surface area contributed by atoms with Crippen LogP contribution >= 0.6 is 0 Å². The summed E-state index contributed by atoms with van der Waals surface area (Å²) in [6.07, 6.45) is 5.63. The van der Waals surface area contributed by atoms with E-state index >= 15 is 0 Å². The molecule has 0 saturated carbocycles. The van der Waals surface area contributed by atoms with Gasteiger partial charge in [0.25, 0.3) is 0 Å². The minimum absolute atomic E-state index is 0.0279. The Morgan fingerprint density at radius 3 is 2.30 bits per heavy atom. The number of carbonyl (C=O) groups is 1. The second-order valence-corrected chi connectivity index (χ2v) is 9.05. The molecule has 0 amide bonds. The van der Waals surface area contributed by atoms with E-state index in [4.69, 9.17) is 5.26 Å². The summed E-state index contributed by atoms with van der Waals surface area (Å²) in [5, 5.41) is 18.2. The molecule has 2 aromatic carbocycles. The van der Waals surface area contributed by atoms with Crippen LogP contribution in [0.4, 0.5) is 5.69 Å². The highest BCUT2D eigenvalue weighted by Crippen LogP contribution is 2.55. The number of hydrogen-bond acceptors (Lipinski definition) is 3. The van der Waals surface area contributed by atoms with Crippen molar-refractivity contribution in [1.82, 2.24) is 0 Å². The highest BCUT2D eigenvalue weighted by molar-refractivity contribution is 5.88. The predicted octanol–water partition coefficient (Wildman–Crippen LogP) is 5.52. The molecule has 0 spiro atoms. The number of hydrogen-bond donors (Lipinski definition) is 1. The molecule has 0 saturated heterocycles. The van der Waals surface area contributed by atoms with Gasteiger partial charge in [0, 0.05) is 29.6 Å². The van der Waals surface area contributed by atoms with E-state index in [0.717, 1.165) is 30.8 Å². The lowest BCUT2D eigenvalue weighted by Crippen LogP contribution is -2.46. The number of fused-ring (bicyclic) bond motifs is 1. The van der Waals surface area contributed by atoms with Crippen molar-refractivity contribution in [2.45, 2.75) is 27.2 Å². The van der Waals surface area contributed by atoms with Crippen LogP contribution < -0.4 is 4.90 Å². The average molecular weight is 399 g/mol. The summed E-state index contributed by atoms with van der Waals surface area (Å²) in [7, 11) is 0. The molecule has 4 nitrogen and oxygen atoms in total. The molecule has 1 heterocycles. The summed E-state index contributed by atoms with van der Waals surface area (Å²) in [6.45, 7) is 8.63. The van der Waals surface area contributed by atoms with Crippen LogP contribution in [0.2, 0.25) is 0 Å². The van der Waals surface area contributed by atoms with Gasteiger partial charge in [-0.3, -0.25) is 0 Å². The largest absolute Gasteiger partial charge is 0.478 e. The first-order valence-corrected chi connectivity index (χ1v) is 10.3. The minimum atomic E-state index is -0.899. The quantitative estimate of drug-likeness (QED) is 0.691. The number of nitriles is 1. The molecule has 1 N–H and O–H groups in total. The summed E-state index contributed by atoms with van der Waals surface area (Å²) in [5.74, 6) is -0.899. The van der Waals surface area contributed by atoms with Gasteiger partial charge in [-0.05, 0) is 54.0 Å². The number of allylic oxidation sites excluding steroid dienone is 2. The van der Waals surface area contributed by atoms with Gasteiger partial charge in [0.1, 0.15) is 0 Å². The average Bonchev–Trinajstić information content (AvgIpc) is 2.73. The van der Waals surface area contributed by atoms with E-state index in [-0.39, 0.29) is 10.8 Å². The molecule has 4 heteroatoms. The summed E-state index contributed by atoms with van der Waals surface area (Å²) in [4.78, 5) is 13.6. The Hall–Kier alpha value is -3.32. The van der Waals surface area contributed by atoms with Crippen molar-refractivity contribution >= 4 is 17.2 Å². The molecule has 0 radical (unpaired) electrons. The monoisotopic (exact) mass is 398 g/mol. The number of carboxylic acid groups (broad SMARTS) is 1. The number of benzene rings is 2. The minimum Gasteiger partial charge on any atom is -0.478 e. The normalized spacial score (nSPS) is 22.4. The molecular weight excluding hydrogens is 372 g/mol. The molecule has 0 fully saturated rings. The van der Waals surface area contributed by atoms with Gasteiger partial charge in [-0.15, -0.1) is 0 Å². The molecule has 0 bridgehead atoms. The SMILES string of the molecule is CC1(C)C(c2ccc(C(=O)O)cc2)=CC[C@]2(C)CN(c3ccc(C#N)cc3)CC=C12. The smallest absolute Gasteiger partial charge is 0.335 e. The van der Waals surface area contributed by atoms with Crippen LogP contribution in [0, 0.1) is 22.2 Å². The van der Waals surface area contributed by atoms with Gasteiger partial charge in [0.2, 0.25) is 0 Å². The molecule has 152 valence electrons. The molecule has 0 aromatic heterocycles. The molecule has 1 aliphatic carbocycles. The Morgan fingerprint density at radius 2 is 1.70 bits per heavy atom. The maximum atomic E-state index is 11.2. The van der Waals surface area contributed by atoms with Gasteiger partial charge in [0.15, 0.2) is 0 Å². The summed E-state index contributed by atoms with van der Waals surface area (Å²) < 4.78 is 0. The van der Waals surface area contributed by atoms with Crippen LogP contribution in [-0.2, 0) is 0 Å². The lowest BCUT2D eigenvalue weighted by atomic mass is 9.58. The van der Waals surface area contributed by atoms with Gasteiger partial charge in [-0.25, -0.2) is 4.79 Å². The molecule has 30 heavy (non-hydrogen) atoms. The molecule has 2 aliphatic rings. The van der Waals surface area contributed by atoms with Gasteiger partial charge >= 0.3 is 5.97 Å². The van der Waals surface area contributed by atoms with Crippen LogP contribution in [0.3, 0.4) is 0 Å². The summed E-state index contributed by atoms with van der Waals surface area (Å²) in [6, 6.07) is 17.2.